The Bertz CT molecular complexity index is 1060. The van der Waals surface area contributed by atoms with Gasteiger partial charge in [0, 0.05) is 11.4 Å². The zero-order chi connectivity index (χ0) is 20.4. The van der Waals surface area contributed by atoms with Gasteiger partial charge in [-0.15, -0.1) is 11.3 Å². The van der Waals surface area contributed by atoms with E-state index in [2.05, 4.69) is 15.0 Å². The van der Waals surface area contributed by atoms with E-state index >= 15 is 0 Å². The van der Waals surface area contributed by atoms with Gasteiger partial charge in [0.05, 0.1) is 35.6 Å². The molecule has 3 rings (SSSR count). The molecule has 1 aromatic carbocycles. The molecule has 0 spiro atoms. The van der Waals surface area contributed by atoms with Crippen LogP contribution in [-0.4, -0.2) is 52.4 Å². The van der Waals surface area contributed by atoms with Crippen molar-refractivity contribution in [3.05, 3.63) is 35.3 Å². The SMILES string of the molecule is COc1ccc(S(=O)(=O)Nc2nc(CC(=O)NC3CCS(=O)(=O)C3)cs2)cc1. The molecule has 0 bridgehead atoms. The molecule has 2 aromatic rings. The van der Waals surface area contributed by atoms with Crippen LogP contribution in [0.5, 0.6) is 5.75 Å². The van der Waals surface area contributed by atoms with E-state index in [1.807, 2.05) is 0 Å². The number of anilines is 1. The number of sulfone groups is 1. The Labute approximate surface area is 167 Å². The topological polar surface area (TPSA) is 132 Å². The average molecular weight is 446 g/mol. The number of rotatable bonds is 7. The first kappa shape index (κ1) is 20.6. The number of methoxy groups -OCH3 is 1. The Morgan fingerprint density at radius 1 is 1.32 bits per heavy atom. The van der Waals surface area contributed by atoms with Crippen LogP contribution in [0.1, 0.15) is 12.1 Å². The van der Waals surface area contributed by atoms with Crippen molar-refractivity contribution in [2.75, 3.05) is 23.3 Å². The third kappa shape index (κ3) is 5.20. The fourth-order valence-electron chi connectivity index (χ4n) is 2.72. The fourth-order valence-corrected chi connectivity index (χ4v) is 6.35. The van der Waals surface area contributed by atoms with E-state index in [0.29, 0.717) is 17.9 Å². The molecular weight excluding hydrogens is 426 g/mol. The summed E-state index contributed by atoms with van der Waals surface area (Å²) in [5.74, 6) is 0.211. The molecule has 0 radical (unpaired) electrons. The molecule has 1 amide bonds. The minimum Gasteiger partial charge on any atom is -0.497 e. The van der Waals surface area contributed by atoms with E-state index in [1.165, 1.54) is 31.4 Å². The van der Waals surface area contributed by atoms with Crippen LogP contribution in [0.3, 0.4) is 0 Å². The molecule has 1 aliphatic heterocycles. The minimum atomic E-state index is -3.81. The van der Waals surface area contributed by atoms with Crippen molar-refractivity contribution in [2.45, 2.75) is 23.8 Å². The van der Waals surface area contributed by atoms with Gasteiger partial charge < -0.3 is 10.1 Å². The Kier molecular flexibility index (Phi) is 5.91. The number of benzene rings is 1. The number of hydrogen-bond acceptors (Lipinski definition) is 8. The second-order valence-corrected chi connectivity index (χ2v) is 11.0. The van der Waals surface area contributed by atoms with E-state index in [4.69, 9.17) is 4.74 Å². The smallest absolute Gasteiger partial charge is 0.263 e. The number of ether oxygens (including phenoxy) is 1. The molecule has 1 atom stereocenters. The summed E-state index contributed by atoms with van der Waals surface area (Å²) >= 11 is 1.06. The van der Waals surface area contributed by atoms with Crippen LogP contribution in [0.15, 0.2) is 34.5 Å². The summed E-state index contributed by atoms with van der Waals surface area (Å²) in [4.78, 5) is 16.2. The molecule has 1 saturated heterocycles. The molecular formula is C16H19N3O6S3. The average Bonchev–Trinajstić information content (AvgIpc) is 3.19. The molecule has 2 N–H and O–H groups in total. The number of nitrogens with zero attached hydrogens (tertiary/aromatic N) is 1. The molecule has 2 heterocycles. The van der Waals surface area contributed by atoms with Gasteiger partial charge in [0.1, 0.15) is 5.75 Å². The maximum atomic E-state index is 12.4. The Morgan fingerprint density at radius 2 is 2.04 bits per heavy atom. The highest BCUT2D eigenvalue weighted by atomic mass is 32.2. The van der Waals surface area contributed by atoms with E-state index in [1.54, 1.807) is 5.38 Å². The Morgan fingerprint density at radius 3 is 2.64 bits per heavy atom. The molecule has 9 nitrogen and oxygen atoms in total. The lowest BCUT2D eigenvalue weighted by Crippen LogP contribution is -2.36. The largest absolute Gasteiger partial charge is 0.497 e. The molecule has 28 heavy (non-hydrogen) atoms. The van der Waals surface area contributed by atoms with Crippen LogP contribution in [0, 0.1) is 0 Å². The van der Waals surface area contributed by atoms with Gasteiger partial charge in [0.15, 0.2) is 15.0 Å². The van der Waals surface area contributed by atoms with Gasteiger partial charge in [0.25, 0.3) is 10.0 Å². The quantitative estimate of drug-likeness (QED) is 0.644. The van der Waals surface area contributed by atoms with E-state index in [-0.39, 0.29) is 39.9 Å². The maximum Gasteiger partial charge on any atom is 0.263 e. The van der Waals surface area contributed by atoms with Gasteiger partial charge in [0.2, 0.25) is 5.91 Å². The molecule has 1 unspecified atom stereocenters. The monoisotopic (exact) mass is 445 g/mol. The van der Waals surface area contributed by atoms with Crippen LogP contribution in [0.25, 0.3) is 0 Å². The van der Waals surface area contributed by atoms with Gasteiger partial charge in [-0.3, -0.25) is 9.52 Å². The molecule has 1 fully saturated rings. The van der Waals surface area contributed by atoms with Gasteiger partial charge in [-0.1, -0.05) is 0 Å². The fraction of sp³-hybridized carbons (Fsp3) is 0.375. The first-order valence-electron chi connectivity index (χ1n) is 8.28. The summed E-state index contributed by atoms with van der Waals surface area (Å²) in [6, 6.07) is 5.52. The molecule has 1 aliphatic rings. The number of thiazole rings is 1. The van der Waals surface area contributed by atoms with Crippen molar-refractivity contribution in [3.8, 4) is 5.75 Å². The predicted molar refractivity (Wildman–Crippen MR) is 105 cm³/mol. The second kappa shape index (κ2) is 8.05. The number of carbonyl (C=O) groups excluding carboxylic acids is 1. The Hall–Kier alpha value is -2.18. The van der Waals surface area contributed by atoms with Gasteiger partial charge in [-0.25, -0.2) is 21.8 Å². The number of carbonyl (C=O) groups is 1. The van der Waals surface area contributed by atoms with Crippen molar-refractivity contribution in [2.24, 2.45) is 0 Å². The minimum absolute atomic E-state index is 0.0529. The maximum absolute atomic E-state index is 12.4. The van der Waals surface area contributed by atoms with E-state index in [9.17, 15) is 21.6 Å². The lowest BCUT2D eigenvalue weighted by molar-refractivity contribution is -0.121. The van der Waals surface area contributed by atoms with Gasteiger partial charge in [-0.05, 0) is 30.7 Å². The third-order valence-electron chi connectivity index (χ3n) is 4.08. The molecule has 152 valence electrons. The summed E-state index contributed by atoms with van der Waals surface area (Å²) < 4.78 is 55.1. The van der Waals surface area contributed by atoms with Crippen LogP contribution < -0.4 is 14.8 Å². The highest BCUT2D eigenvalue weighted by Crippen LogP contribution is 2.22. The van der Waals surface area contributed by atoms with Crippen molar-refractivity contribution in [3.63, 3.8) is 0 Å². The van der Waals surface area contributed by atoms with E-state index < -0.39 is 19.9 Å². The molecule has 0 aliphatic carbocycles. The summed E-state index contributed by atoms with van der Waals surface area (Å²) in [5.41, 5.74) is 0.399. The number of aromatic nitrogens is 1. The first-order chi connectivity index (χ1) is 13.2. The highest BCUT2D eigenvalue weighted by Gasteiger charge is 2.29. The second-order valence-electron chi connectivity index (χ2n) is 6.27. The van der Waals surface area contributed by atoms with Crippen molar-refractivity contribution < 1.29 is 26.4 Å². The standard InChI is InChI=1S/C16H19N3O6S3/c1-25-13-2-4-14(5-3-13)28(23,24)19-16-18-12(9-26-16)8-15(20)17-11-6-7-27(21,22)10-11/h2-5,9,11H,6-8,10H2,1H3,(H,17,20)(H,18,19). The van der Waals surface area contributed by atoms with Crippen LogP contribution in [0.4, 0.5) is 5.13 Å². The normalized spacial score (nSPS) is 18.5. The molecule has 0 saturated carbocycles. The zero-order valence-corrected chi connectivity index (χ0v) is 17.4. The van der Waals surface area contributed by atoms with Crippen LogP contribution in [0.2, 0.25) is 0 Å². The lowest BCUT2D eigenvalue weighted by Gasteiger charge is -2.09. The predicted octanol–water partition coefficient (Wildman–Crippen LogP) is 0.798. The summed E-state index contributed by atoms with van der Waals surface area (Å²) in [7, 11) is -5.40. The zero-order valence-electron chi connectivity index (χ0n) is 14.9. The van der Waals surface area contributed by atoms with Crippen LogP contribution in [-0.2, 0) is 31.1 Å². The van der Waals surface area contributed by atoms with Crippen molar-refractivity contribution in [1.82, 2.24) is 10.3 Å². The summed E-state index contributed by atoms with van der Waals surface area (Å²) in [5, 5.41) is 4.39. The van der Waals surface area contributed by atoms with Crippen molar-refractivity contribution in [1.29, 1.82) is 0 Å². The number of hydrogen-bond donors (Lipinski definition) is 2. The third-order valence-corrected chi connectivity index (χ3v) is 8.14. The summed E-state index contributed by atoms with van der Waals surface area (Å²) in [6.45, 7) is 0. The van der Waals surface area contributed by atoms with Gasteiger partial charge >= 0.3 is 0 Å². The van der Waals surface area contributed by atoms with E-state index in [0.717, 1.165) is 11.3 Å². The van der Waals surface area contributed by atoms with Crippen molar-refractivity contribution >= 4 is 42.2 Å². The first-order valence-corrected chi connectivity index (χ1v) is 12.5. The number of sulfonamides is 1. The lowest BCUT2D eigenvalue weighted by atomic mass is 10.2. The summed E-state index contributed by atoms with van der Waals surface area (Å²) in [6.07, 6.45) is 0.343. The number of nitrogens with one attached hydrogen (secondary N) is 2. The Balaban J connectivity index is 1.59. The number of amides is 1. The molecule has 12 heteroatoms. The van der Waals surface area contributed by atoms with Crippen LogP contribution >= 0.6 is 11.3 Å². The highest BCUT2D eigenvalue weighted by molar-refractivity contribution is 7.93. The molecule has 1 aromatic heterocycles. The van der Waals surface area contributed by atoms with Gasteiger partial charge in [-0.2, -0.15) is 0 Å².